The molecule has 2 aromatic rings. The molecule has 1 aromatic heterocycles. The molecule has 1 saturated carbocycles. The summed E-state index contributed by atoms with van der Waals surface area (Å²) in [6, 6.07) is 8.57. The summed E-state index contributed by atoms with van der Waals surface area (Å²) in [5, 5.41) is 5.80. The molecule has 172 valence electrons. The number of sulfonamides is 1. The van der Waals surface area contributed by atoms with E-state index < -0.39 is 10.0 Å². The Morgan fingerprint density at radius 2 is 1.42 bits per heavy atom. The van der Waals surface area contributed by atoms with Gasteiger partial charge in [0.2, 0.25) is 0 Å². The number of hydrogen-bond donors (Lipinski definition) is 1. The van der Waals surface area contributed by atoms with Crippen LogP contribution in [0, 0.1) is 5.92 Å². The van der Waals surface area contributed by atoms with Gasteiger partial charge in [-0.1, -0.05) is 91.8 Å². The average Bonchev–Trinajstić information content (AvgIpc) is 2.97. The second-order valence-electron chi connectivity index (χ2n) is 11.5. The van der Waals surface area contributed by atoms with E-state index in [0.717, 1.165) is 23.2 Å². The summed E-state index contributed by atoms with van der Waals surface area (Å²) in [5.41, 5.74) is 5.71. The number of benzene rings is 1. The first kappa shape index (κ1) is 24.1. The molecule has 0 saturated heterocycles. The van der Waals surface area contributed by atoms with Crippen molar-refractivity contribution in [1.29, 1.82) is 0 Å². The Bertz CT molecular complexity index is 1010. The minimum Gasteiger partial charge on any atom is -0.337 e. The third-order valence-electron chi connectivity index (χ3n) is 6.79. The molecule has 0 bridgehead atoms. The lowest BCUT2D eigenvalue weighted by Gasteiger charge is -2.27. The van der Waals surface area contributed by atoms with E-state index in [1.807, 2.05) is 11.6 Å². The van der Waals surface area contributed by atoms with Crippen LogP contribution in [0.1, 0.15) is 90.5 Å². The van der Waals surface area contributed by atoms with E-state index in [1.54, 1.807) is 6.07 Å². The second-order valence-corrected chi connectivity index (χ2v) is 13.0. The first-order chi connectivity index (χ1) is 14.2. The second kappa shape index (κ2) is 8.40. The van der Waals surface area contributed by atoms with Crippen LogP contribution < -0.4 is 5.14 Å². The van der Waals surface area contributed by atoms with Crippen molar-refractivity contribution >= 4 is 10.0 Å². The highest BCUT2D eigenvalue weighted by Gasteiger charge is 2.26. The molecule has 0 amide bonds. The van der Waals surface area contributed by atoms with E-state index in [0.29, 0.717) is 5.92 Å². The molecule has 2 N–H and O–H groups in total. The van der Waals surface area contributed by atoms with Crippen LogP contribution in [0.25, 0.3) is 11.1 Å². The van der Waals surface area contributed by atoms with E-state index in [2.05, 4.69) is 59.7 Å². The van der Waals surface area contributed by atoms with Gasteiger partial charge in [-0.2, -0.15) is 0 Å². The fraction of sp³-hybridized carbons (Fsp3) is 0.615. The molecule has 0 unspecified atom stereocenters. The number of nitrogens with zero attached hydrogens (tertiary/aromatic N) is 1. The van der Waals surface area contributed by atoms with Crippen molar-refractivity contribution in [3.05, 3.63) is 41.1 Å². The van der Waals surface area contributed by atoms with Crippen LogP contribution in [0.5, 0.6) is 0 Å². The summed E-state index contributed by atoms with van der Waals surface area (Å²) in [6.45, 7) is 13.3. The highest BCUT2D eigenvalue weighted by atomic mass is 32.2. The molecule has 5 heteroatoms. The van der Waals surface area contributed by atoms with Crippen LogP contribution >= 0.6 is 0 Å². The fourth-order valence-electron chi connectivity index (χ4n) is 4.70. The summed E-state index contributed by atoms with van der Waals surface area (Å²) in [5.74, 6) is 0.599. The Hall–Kier alpha value is -1.59. The predicted molar refractivity (Wildman–Crippen MR) is 130 cm³/mol. The molecule has 31 heavy (non-hydrogen) atoms. The number of primary sulfonamides is 1. The van der Waals surface area contributed by atoms with Crippen LogP contribution in [-0.2, 0) is 34.3 Å². The van der Waals surface area contributed by atoms with Crippen molar-refractivity contribution < 1.29 is 8.42 Å². The van der Waals surface area contributed by atoms with Gasteiger partial charge in [0.1, 0.15) is 0 Å². The highest BCUT2D eigenvalue weighted by Crippen LogP contribution is 2.38. The van der Waals surface area contributed by atoms with Crippen LogP contribution in [0.2, 0.25) is 0 Å². The van der Waals surface area contributed by atoms with Crippen molar-refractivity contribution in [2.75, 3.05) is 0 Å². The topological polar surface area (TPSA) is 65.1 Å². The quantitative estimate of drug-likeness (QED) is 0.623. The Balaban J connectivity index is 2.23. The predicted octanol–water partition coefficient (Wildman–Crippen LogP) is 6.06. The molecule has 0 atom stereocenters. The standard InChI is InChI=1S/C26H40N2O2S/c1-25(2,3)20-14-19(15-21(16-20)26(4,5)6)22-17-24(31(27,29)30)28(7)23(22)13-18-11-9-8-10-12-18/h14-18H,8-13H2,1-7H3,(H2,27,29,30). The first-order valence-corrected chi connectivity index (χ1v) is 13.1. The minimum absolute atomic E-state index is 0.00288. The molecular formula is C26H40N2O2S. The summed E-state index contributed by atoms with van der Waals surface area (Å²) >= 11 is 0. The lowest BCUT2D eigenvalue weighted by Crippen LogP contribution is -2.18. The molecular weight excluding hydrogens is 404 g/mol. The van der Waals surface area contributed by atoms with Gasteiger partial charge in [0.25, 0.3) is 10.0 Å². The maximum atomic E-state index is 12.4. The Morgan fingerprint density at radius 1 is 0.903 bits per heavy atom. The van der Waals surface area contributed by atoms with Gasteiger partial charge in [0.15, 0.2) is 5.03 Å². The van der Waals surface area contributed by atoms with Gasteiger partial charge < -0.3 is 4.57 Å². The average molecular weight is 445 g/mol. The maximum absolute atomic E-state index is 12.4. The number of hydrogen-bond acceptors (Lipinski definition) is 2. The molecule has 0 radical (unpaired) electrons. The summed E-state index contributed by atoms with van der Waals surface area (Å²) < 4.78 is 26.5. The lowest BCUT2D eigenvalue weighted by atomic mass is 9.78. The van der Waals surface area contributed by atoms with Crippen LogP contribution in [-0.4, -0.2) is 13.0 Å². The monoisotopic (exact) mass is 444 g/mol. The molecule has 0 spiro atoms. The SMILES string of the molecule is Cn1c(S(N)(=O)=O)cc(-c2cc(C(C)(C)C)cc(C(C)(C)C)c2)c1CC1CCCCC1. The molecule has 1 aromatic carbocycles. The van der Waals surface area contributed by atoms with E-state index in [1.165, 1.54) is 43.2 Å². The van der Waals surface area contributed by atoms with Gasteiger partial charge in [-0.15, -0.1) is 0 Å². The molecule has 1 aliphatic carbocycles. The van der Waals surface area contributed by atoms with E-state index >= 15 is 0 Å². The van der Waals surface area contributed by atoms with Crippen molar-refractivity contribution in [1.82, 2.24) is 4.57 Å². The Labute approximate surface area is 189 Å². The zero-order valence-electron chi connectivity index (χ0n) is 20.4. The minimum atomic E-state index is -3.80. The van der Waals surface area contributed by atoms with Gasteiger partial charge in [0, 0.05) is 18.3 Å². The van der Waals surface area contributed by atoms with Crippen LogP contribution in [0.4, 0.5) is 0 Å². The third kappa shape index (κ3) is 5.43. The van der Waals surface area contributed by atoms with Crippen molar-refractivity contribution in [2.45, 2.75) is 95.9 Å². The van der Waals surface area contributed by atoms with E-state index in [9.17, 15) is 8.42 Å². The van der Waals surface area contributed by atoms with Gasteiger partial charge in [-0.25, -0.2) is 13.6 Å². The Morgan fingerprint density at radius 3 is 1.87 bits per heavy atom. The summed E-state index contributed by atoms with van der Waals surface area (Å²) in [6.07, 6.45) is 7.16. The third-order valence-corrected chi connectivity index (χ3v) is 7.76. The van der Waals surface area contributed by atoms with Gasteiger partial charge in [0.05, 0.1) is 0 Å². The van der Waals surface area contributed by atoms with Crippen LogP contribution in [0.3, 0.4) is 0 Å². The van der Waals surface area contributed by atoms with Crippen molar-refractivity contribution in [3.63, 3.8) is 0 Å². The number of aromatic nitrogens is 1. The zero-order chi connectivity index (χ0) is 23.2. The van der Waals surface area contributed by atoms with Crippen molar-refractivity contribution in [2.24, 2.45) is 18.1 Å². The molecule has 4 nitrogen and oxygen atoms in total. The first-order valence-electron chi connectivity index (χ1n) is 11.6. The molecule has 0 aliphatic heterocycles. The maximum Gasteiger partial charge on any atom is 0.253 e. The highest BCUT2D eigenvalue weighted by molar-refractivity contribution is 7.89. The lowest BCUT2D eigenvalue weighted by molar-refractivity contribution is 0.351. The summed E-state index contributed by atoms with van der Waals surface area (Å²) in [7, 11) is -1.95. The largest absolute Gasteiger partial charge is 0.337 e. The molecule has 1 heterocycles. The molecule has 1 fully saturated rings. The fourth-order valence-corrected chi connectivity index (χ4v) is 5.47. The molecule has 1 aliphatic rings. The zero-order valence-corrected chi connectivity index (χ0v) is 21.2. The van der Waals surface area contributed by atoms with Crippen LogP contribution in [0.15, 0.2) is 29.3 Å². The van der Waals surface area contributed by atoms with E-state index in [-0.39, 0.29) is 15.9 Å². The van der Waals surface area contributed by atoms with Gasteiger partial charge >= 0.3 is 0 Å². The van der Waals surface area contributed by atoms with Gasteiger partial charge in [-0.3, -0.25) is 0 Å². The number of rotatable bonds is 4. The smallest absolute Gasteiger partial charge is 0.253 e. The number of nitrogens with two attached hydrogens (primary N) is 1. The van der Waals surface area contributed by atoms with E-state index in [4.69, 9.17) is 5.14 Å². The normalized spacial score (nSPS) is 16.6. The Kier molecular flexibility index (Phi) is 6.52. The summed E-state index contributed by atoms with van der Waals surface area (Å²) in [4.78, 5) is 0. The van der Waals surface area contributed by atoms with Gasteiger partial charge in [-0.05, 0) is 45.9 Å². The molecule has 3 rings (SSSR count). The van der Waals surface area contributed by atoms with Crippen molar-refractivity contribution in [3.8, 4) is 11.1 Å².